The van der Waals surface area contributed by atoms with Gasteiger partial charge in [-0.15, -0.1) is 0 Å². The van der Waals surface area contributed by atoms with E-state index >= 15 is 0 Å². The van der Waals surface area contributed by atoms with Crippen LogP contribution < -0.4 is 10.9 Å². The van der Waals surface area contributed by atoms with Crippen LogP contribution in [-0.2, 0) is 0 Å². The van der Waals surface area contributed by atoms with Gasteiger partial charge in [0.1, 0.15) is 28.7 Å². The van der Waals surface area contributed by atoms with Gasteiger partial charge in [-0.25, -0.2) is 14.4 Å². The summed E-state index contributed by atoms with van der Waals surface area (Å²) in [4.78, 5) is 34.9. The predicted octanol–water partition coefficient (Wildman–Crippen LogP) is 2.78. The van der Waals surface area contributed by atoms with Crippen LogP contribution in [-0.4, -0.2) is 25.3 Å². The average Bonchev–Trinajstić information content (AvgIpc) is 3.02. The first-order valence-corrected chi connectivity index (χ1v) is 8.12. The van der Waals surface area contributed by atoms with Crippen LogP contribution in [0.4, 0.5) is 10.2 Å². The van der Waals surface area contributed by atoms with Crippen molar-refractivity contribution in [3.63, 3.8) is 0 Å². The van der Waals surface area contributed by atoms with Crippen molar-refractivity contribution in [2.24, 2.45) is 0 Å². The molecule has 3 aromatic heterocycles. The molecule has 0 bridgehead atoms. The van der Waals surface area contributed by atoms with E-state index in [1.807, 2.05) is 19.1 Å². The highest BCUT2D eigenvalue weighted by atomic mass is 19.1. The molecule has 2 N–H and O–H groups in total. The van der Waals surface area contributed by atoms with Crippen LogP contribution in [0.5, 0.6) is 0 Å². The Bertz CT molecular complexity index is 1210. The molecule has 3 heterocycles. The van der Waals surface area contributed by atoms with Gasteiger partial charge in [0.15, 0.2) is 0 Å². The van der Waals surface area contributed by atoms with Crippen molar-refractivity contribution in [2.75, 3.05) is 5.32 Å². The number of H-pyrrole nitrogens is 1. The molecular formula is C19H14FN5O2. The Morgan fingerprint density at radius 1 is 1.22 bits per heavy atom. The third kappa shape index (κ3) is 3.08. The minimum absolute atomic E-state index is 0.0218. The molecule has 0 aliphatic carbocycles. The summed E-state index contributed by atoms with van der Waals surface area (Å²) in [6.07, 6.45) is 2.93. The predicted molar refractivity (Wildman–Crippen MR) is 98.1 cm³/mol. The number of anilines is 1. The second-order valence-corrected chi connectivity index (χ2v) is 5.95. The van der Waals surface area contributed by atoms with Crippen LogP contribution in [0.15, 0.2) is 59.8 Å². The van der Waals surface area contributed by atoms with E-state index in [9.17, 15) is 14.0 Å². The van der Waals surface area contributed by atoms with Crippen molar-refractivity contribution < 1.29 is 9.18 Å². The molecule has 0 radical (unpaired) electrons. The lowest BCUT2D eigenvalue weighted by Crippen LogP contribution is -2.19. The fourth-order valence-electron chi connectivity index (χ4n) is 2.80. The summed E-state index contributed by atoms with van der Waals surface area (Å²) in [6, 6.07) is 10.7. The van der Waals surface area contributed by atoms with Gasteiger partial charge in [-0.05, 0) is 42.8 Å². The van der Waals surface area contributed by atoms with Crippen molar-refractivity contribution in [2.45, 2.75) is 6.92 Å². The number of rotatable bonds is 3. The molecule has 134 valence electrons. The first kappa shape index (κ1) is 16.6. The lowest BCUT2D eigenvalue weighted by atomic mass is 10.1. The summed E-state index contributed by atoms with van der Waals surface area (Å²) < 4.78 is 15.0. The van der Waals surface area contributed by atoms with E-state index in [0.717, 1.165) is 18.0 Å². The number of pyridine rings is 1. The van der Waals surface area contributed by atoms with Crippen LogP contribution in [0.2, 0.25) is 0 Å². The molecule has 0 fully saturated rings. The van der Waals surface area contributed by atoms with Gasteiger partial charge in [-0.2, -0.15) is 0 Å². The number of hydrogen-bond donors (Lipinski definition) is 2. The zero-order valence-corrected chi connectivity index (χ0v) is 14.2. The van der Waals surface area contributed by atoms with E-state index in [2.05, 4.69) is 20.3 Å². The Labute approximate surface area is 152 Å². The number of aromatic amines is 1. The van der Waals surface area contributed by atoms with E-state index < -0.39 is 11.5 Å². The molecule has 0 unspecified atom stereocenters. The Balaban J connectivity index is 1.86. The maximum Gasteiger partial charge on any atom is 0.275 e. The molecular weight excluding hydrogens is 349 g/mol. The molecule has 1 aromatic carbocycles. The molecule has 0 aliphatic heterocycles. The summed E-state index contributed by atoms with van der Waals surface area (Å²) in [5.41, 5.74) is 2.26. The monoisotopic (exact) mass is 363 g/mol. The Kier molecular flexibility index (Phi) is 4.00. The number of imidazole rings is 1. The number of hydrogen-bond acceptors (Lipinski definition) is 4. The van der Waals surface area contributed by atoms with Crippen LogP contribution >= 0.6 is 0 Å². The number of benzene rings is 1. The molecule has 27 heavy (non-hydrogen) atoms. The summed E-state index contributed by atoms with van der Waals surface area (Å²) in [7, 11) is 0. The fraction of sp³-hybridized carbons (Fsp3) is 0.0526. The quantitative estimate of drug-likeness (QED) is 0.585. The van der Waals surface area contributed by atoms with E-state index in [0.29, 0.717) is 22.7 Å². The van der Waals surface area contributed by atoms with Gasteiger partial charge >= 0.3 is 0 Å². The van der Waals surface area contributed by atoms with Gasteiger partial charge in [-0.1, -0.05) is 6.07 Å². The van der Waals surface area contributed by atoms with Gasteiger partial charge in [0.05, 0.1) is 6.33 Å². The smallest absolute Gasteiger partial charge is 0.275 e. The minimum Gasteiger partial charge on any atom is -0.313 e. The Morgan fingerprint density at radius 3 is 2.74 bits per heavy atom. The third-order valence-electron chi connectivity index (χ3n) is 4.11. The lowest BCUT2D eigenvalue weighted by Gasteiger charge is -2.07. The van der Waals surface area contributed by atoms with E-state index in [1.165, 1.54) is 12.1 Å². The van der Waals surface area contributed by atoms with Crippen molar-refractivity contribution in [1.29, 1.82) is 0 Å². The maximum atomic E-state index is 13.3. The van der Waals surface area contributed by atoms with Gasteiger partial charge < -0.3 is 10.3 Å². The number of nitrogens with one attached hydrogen (secondary N) is 2. The van der Waals surface area contributed by atoms with Crippen LogP contribution in [0.1, 0.15) is 16.1 Å². The highest BCUT2D eigenvalue weighted by molar-refractivity contribution is 6.04. The zero-order valence-electron chi connectivity index (χ0n) is 14.2. The van der Waals surface area contributed by atoms with Crippen LogP contribution in [0, 0.1) is 12.7 Å². The number of carbonyl (C=O) groups excluding carboxylic acids is 1. The zero-order chi connectivity index (χ0) is 19.0. The molecule has 0 spiro atoms. The second-order valence-electron chi connectivity index (χ2n) is 5.95. The molecule has 4 aromatic rings. The van der Waals surface area contributed by atoms with Gasteiger partial charge in [0.2, 0.25) is 0 Å². The molecule has 7 nitrogen and oxygen atoms in total. The maximum absolute atomic E-state index is 13.3. The van der Waals surface area contributed by atoms with E-state index in [-0.39, 0.29) is 11.5 Å². The summed E-state index contributed by atoms with van der Waals surface area (Å²) in [5, 5.41) is 2.77. The number of fused-ring (bicyclic) bond motifs is 1. The van der Waals surface area contributed by atoms with Crippen molar-refractivity contribution in [1.82, 2.24) is 19.4 Å². The number of amides is 1. The highest BCUT2D eigenvalue weighted by Gasteiger charge is 2.19. The number of carbonyl (C=O) groups is 1. The largest absolute Gasteiger partial charge is 0.313 e. The summed E-state index contributed by atoms with van der Waals surface area (Å²) >= 11 is 0. The normalized spacial score (nSPS) is 10.9. The summed E-state index contributed by atoms with van der Waals surface area (Å²) in [6.45, 7) is 1.90. The standard InChI is InChI=1S/C19H14FN5O2/c1-11-3-2-8-25-17(11)23-16(12-4-6-13(20)7-5-12)18(25)24-19(27)14-9-15(26)22-10-21-14/h2-10H,1H3,(H,24,27)(H,21,22,26). The molecule has 8 heteroatoms. The second kappa shape index (κ2) is 6.49. The van der Waals surface area contributed by atoms with Crippen molar-refractivity contribution >= 4 is 17.4 Å². The van der Waals surface area contributed by atoms with E-state index in [1.54, 1.807) is 22.7 Å². The van der Waals surface area contributed by atoms with Crippen LogP contribution in [0.3, 0.4) is 0 Å². The number of halogens is 1. The number of nitrogens with zero attached hydrogens (tertiary/aromatic N) is 3. The van der Waals surface area contributed by atoms with Crippen LogP contribution in [0.25, 0.3) is 16.9 Å². The molecule has 0 saturated carbocycles. The molecule has 0 saturated heterocycles. The van der Waals surface area contributed by atoms with E-state index in [4.69, 9.17) is 0 Å². The SMILES string of the molecule is Cc1cccn2c(NC(=O)c3cc(=O)[nH]cn3)c(-c3ccc(F)cc3)nc12. The first-order valence-electron chi connectivity index (χ1n) is 8.12. The Hall–Kier alpha value is -3.81. The topological polar surface area (TPSA) is 92.2 Å². The third-order valence-corrected chi connectivity index (χ3v) is 4.11. The number of aromatic nitrogens is 4. The Morgan fingerprint density at radius 2 is 2.00 bits per heavy atom. The average molecular weight is 363 g/mol. The minimum atomic E-state index is -0.548. The fourth-order valence-corrected chi connectivity index (χ4v) is 2.80. The van der Waals surface area contributed by atoms with Gasteiger partial charge in [-0.3, -0.25) is 14.0 Å². The molecule has 0 atom stereocenters. The molecule has 0 aliphatic rings. The molecule has 1 amide bonds. The van der Waals surface area contributed by atoms with Gasteiger partial charge in [0, 0.05) is 17.8 Å². The number of aryl methyl sites for hydroxylation is 1. The van der Waals surface area contributed by atoms with Gasteiger partial charge in [0.25, 0.3) is 11.5 Å². The van der Waals surface area contributed by atoms with Crippen molar-refractivity contribution in [3.05, 3.63) is 82.4 Å². The highest BCUT2D eigenvalue weighted by Crippen LogP contribution is 2.30. The van der Waals surface area contributed by atoms with Crippen molar-refractivity contribution in [3.8, 4) is 11.3 Å². The molecule has 4 rings (SSSR count). The lowest BCUT2D eigenvalue weighted by molar-refractivity contribution is 0.102. The first-order chi connectivity index (χ1) is 13.0. The summed E-state index contributed by atoms with van der Waals surface area (Å²) in [5.74, 6) is -0.503.